The van der Waals surface area contributed by atoms with Crippen LogP contribution >= 0.6 is 0 Å². The fourth-order valence-electron chi connectivity index (χ4n) is 7.11. The van der Waals surface area contributed by atoms with E-state index < -0.39 is 12.3 Å². The first-order valence-electron chi connectivity index (χ1n) is 17.2. The molecule has 4 atom stereocenters. The van der Waals surface area contributed by atoms with Crippen molar-refractivity contribution >= 4 is 18.4 Å². The molecule has 2 fully saturated rings. The van der Waals surface area contributed by atoms with Crippen molar-refractivity contribution in [3.8, 4) is 0 Å². The molecular formula is C39H47NO8. The Morgan fingerprint density at radius 3 is 1.60 bits per heavy atom. The molecule has 1 amide bonds. The second kappa shape index (κ2) is 18.7. The van der Waals surface area contributed by atoms with Crippen LogP contribution < -0.4 is 0 Å². The highest BCUT2D eigenvalue weighted by Crippen LogP contribution is 2.44. The van der Waals surface area contributed by atoms with E-state index >= 15 is 0 Å². The lowest BCUT2D eigenvalue weighted by molar-refractivity contribution is -0.0225. The zero-order valence-electron chi connectivity index (χ0n) is 27.6. The van der Waals surface area contributed by atoms with Gasteiger partial charge in [0.15, 0.2) is 0 Å². The van der Waals surface area contributed by atoms with E-state index in [-0.39, 0.29) is 44.6 Å². The summed E-state index contributed by atoms with van der Waals surface area (Å²) in [4.78, 5) is 40.0. The molecule has 1 unspecified atom stereocenters. The van der Waals surface area contributed by atoms with Crippen LogP contribution in [0.4, 0.5) is 14.4 Å². The van der Waals surface area contributed by atoms with E-state index in [0.717, 1.165) is 61.6 Å². The molecule has 5 rings (SSSR count). The number of hydrogen-bond acceptors (Lipinski definition) is 8. The molecule has 256 valence electrons. The SMILES string of the molecule is O=C(OCCC[C@H]1CCC[C@H]2C1CC[C@@H](CCCOC(=O)OCc1ccccc1)N2C(=O)OCc1ccccc1)OCc1ccccc1. The van der Waals surface area contributed by atoms with Crippen molar-refractivity contribution in [3.05, 3.63) is 108 Å². The molecule has 3 aromatic rings. The smallest absolute Gasteiger partial charge is 0.445 e. The van der Waals surface area contributed by atoms with Crippen molar-refractivity contribution < 1.29 is 38.1 Å². The molecule has 0 N–H and O–H groups in total. The van der Waals surface area contributed by atoms with E-state index in [9.17, 15) is 14.4 Å². The van der Waals surface area contributed by atoms with Gasteiger partial charge in [0, 0.05) is 12.1 Å². The molecule has 2 aliphatic rings. The quantitative estimate of drug-likeness (QED) is 0.0963. The molecule has 1 aliphatic carbocycles. The fourth-order valence-corrected chi connectivity index (χ4v) is 7.11. The van der Waals surface area contributed by atoms with Gasteiger partial charge in [0.2, 0.25) is 0 Å². The van der Waals surface area contributed by atoms with Crippen LogP contribution in [0.5, 0.6) is 0 Å². The number of fused-ring (bicyclic) bond motifs is 1. The molecule has 0 aromatic heterocycles. The largest absolute Gasteiger partial charge is 0.508 e. The zero-order valence-corrected chi connectivity index (χ0v) is 27.6. The Kier molecular flexibility index (Phi) is 13.6. The average Bonchev–Trinajstić information content (AvgIpc) is 3.13. The summed E-state index contributed by atoms with van der Waals surface area (Å²) in [5.74, 6) is 0.786. The van der Waals surface area contributed by atoms with Crippen LogP contribution in [0.1, 0.15) is 74.5 Å². The number of nitrogens with zero attached hydrogens (tertiary/aromatic N) is 1. The first-order chi connectivity index (χ1) is 23.6. The molecule has 1 saturated carbocycles. The molecule has 9 nitrogen and oxygen atoms in total. The Hall–Kier alpha value is -4.53. The summed E-state index contributed by atoms with van der Waals surface area (Å²) in [6.45, 7) is 1.10. The van der Waals surface area contributed by atoms with Crippen molar-refractivity contribution in [3.63, 3.8) is 0 Å². The minimum atomic E-state index is -0.690. The molecule has 0 radical (unpaired) electrons. The van der Waals surface area contributed by atoms with Gasteiger partial charge >= 0.3 is 18.4 Å². The highest BCUT2D eigenvalue weighted by atomic mass is 16.7. The third-order valence-corrected chi connectivity index (χ3v) is 9.41. The Morgan fingerprint density at radius 2 is 1.06 bits per heavy atom. The summed E-state index contributed by atoms with van der Waals surface area (Å²) in [5.41, 5.74) is 2.76. The van der Waals surface area contributed by atoms with Crippen molar-refractivity contribution in [1.82, 2.24) is 4.90 Å². The molecule has 9 heteroatoms. The summed E-state index contributed by atoms with van der Waals surface area (Å²) in [7, 11) is 0. The van der Waals surface area contributed by atoms with Crippen LogP contribution in [0.2, 0.25) is 0 Å². The van der Waals surface area contributed by atoms with Gasteiger partial charge in [-0.1, -0.05) is 104 Å². The first kappa shape index (κ1) is 34.8. The number of benzene rings is 3. The zero-order chi connectivity index (χ0) is 33.4. The predicted octanol–water partition coefficient (Wildman–Crippen LogP) is 8.84. The van der Waals surface area contributed by atoms with Gasteiger partial charge in [0.05, 0.1) is 13.2 Å². The number of ether oxygens (including phenoxy) is 5. The van der Waals surface area contributed by atoms with Gasteiger partial charge in [0.1, 0.15) is 19.8 Å². The third kappa shape index (κ3) is 10.8. The van der Waals surface area contributed by atoms with Crippen molar-refractivity contribution in [1.29, 1.82) is 0 Å². The highest BCUT2D eigenvalue weighted by molar-refractivity contribution is 5.69. The van der Waals surface area contributed by atoms with Crippen LogP contribution in [0.15, 0.2) is 91.0 Å². The average molecular weight is 658 g/mol. The predicted molar refractivity (Wildman–Crippen MR) is 180 cm³/mol. The Morgan fingerprint density at radius 1 is 0.562 bits per heavy atom. The molecule has 0 bridgehead atoms. The van der Waals surface area contributed by atoms with Gasteiger partial charge in [-0.15, -0.1) is 0 Å². The number of likely N-dealkylation sites (tertiary alicyclic amines) is 1. The summed E-state index contributed by atoms with van der Waals surface area (Å²) in [6.07, 6.45) is 6.29. The first-order valence-corrected chi connectivity index (χ1v) is 17.2. The summed E-state index contributed by atoms with van der Waals surface area (Å²) < 4.78 is 27.1. The minimum absolute atomic E-state index is 0.0000642. The molecule has 1 heterocycles. The van der Waals surface area contributed by atoms with Crippen LogP contribution in [0.3, 0.4) is 0 Å². The lowest BCUT2D eigenvalue weighted by atomic mass is 9.68. The maximum atomic E-state index is 13.7. The molecule has 1 saturated heterocycles. The van der Waals surface area contributed by atoms with Gasteiger partial charge in [-0.3, -0.25) is 0 Å². The number of carbonyl (C=O) groups excluding carboxylic acids is 3. The molecule has 0 spiro atoms. The molecule has 1 aliphatic heterocycles. The lowest BCUT2D eigenvalue weighted by Gasteiger charge is -2.51. The lowest BCUT2D eigenvalue weighted by Crippen LogP contribution is -2.56. The number of carbonyl (C=O) groups is 3. The molecular weight excluding hydrogens is 610 g/mol. The van der Waals surface area contributed by atoms with Crippen LogP contribution in [-0.2, 0) is 43.5 Å². The Labute approximate surface area is 283 Å². The number of hydrogen-bond donors (Lipinski definition) is 0. The van der Waals surface area contributed by atoms with Crippen molar-refractivity contribution in [2.24, 2.45) is 11.8 Å². The Balaban J connectivity index is 1.11. The monoisotopic (exact) mass is 657 g/mol. The second-order valence-electron chi connectivity index (χ2n) is 12.6. The number of rotatable bonds is 14. The van der Waals surface area contributed by atoms with E-state index in [1.807, 2.05) is 95.9 Å². The van der Waals surface area contributed by atoms with Crippen molar-refractivity contribution in [2.75, 3.05) is 13.2 Å². The van der Waals surface area contributed by atoms with E-state index in [2.05, 4.69) is 0 Å². The summed E-state index contributed by atoms with van der Waals surface area (Å²) >= 11 is 0. The van der Waals surface area contributed by atoms with Crippen molar-refractivity contribution in [2.45, 2.75) is 89.7 Å². The number of piperidine rings is 1. The van der Waals surface area contributed by atoms with E-state index in [1.165, 1.54) is 0 Å². The third-order valence-electron chi connectivity index (χ3n) is 9.41. The second-order valence-corrected chi connectivity index (χ2v) is 12.6. The molecule has 48 heavy (non-hydrogen) atoms. The maximum Gasteiger partial charge on any atom is 0.508 e. The van der Waals surface area contributed by atoms with Gasteiger partial charge in [0.25, 0.3) is 0 Å². The summed E-state index contributed by atoms with van der Waals surface area (Å²) in [5, 5.41) is 0. The minimum Gasteiger partial charge on any atom is -0.445 e. The normalized spacial score (nSPS) is 20.2. The maximum absolute atomic E-state index is 13.7. The van der Waals surface area contributed by atoms with Gasteiger partial charge in [-0.05, 0) is 73.5 Å². The van der Waals surface area contributed by atoms with Gasteiger partial charge < -0.3 is 28.6 Å². The summed E-state index contributed by atoms with van der Waals surface area (Å²) in [6, 6.07) is 28.8. The van der Waals surface area contributed by atoms with Crippen LogP contribution in [0.25, 0.3) is 0 Å². The van der Waals surface area contributed by atoms with Gasteiger partial charge in [-0.2, -0.15) is 0 Å². The van der Waals surface area contributed by atoms with E-state index in [4.69, 9.17) is 23.7 Å². The van der Waals surface area contributed by atoms with Crippen LogP contribution in [0, 0.1) is 11.8 Å². The van der Waals surface area contributed by atoms with Gasteiger partial charge in [-0.25, -0.2) is 14.4 Å². The standard InChI is InChI=1S/C39H47NO8/c41-37(46-27-30-13-4-1-5-14-30)40-34(21-12-26-45-39(43)48-29-32-17-8-3-9-18-32)23-24-35-33(19-10-22-36(35)40)20-11-25-44-38(42)47-28-31-15-6-2-7-16-31/h1-9,13-18,33-36H,10-12,19-29H2/t33-,34-,35?,36+/m1/s1. The van der Waals surface area contributed by atoms with E-state index in [0.29, 0.717) is 31.3 Å². The highest BCUT2D eigenvalue weighted by Gasteiger charge is 2.45. The topological polar surface area (TPSA) is 101 Å². The number of amides is 1. The Bertz CT molecular complexity index is 1400. The fraction of sp³-hybridized carbons (Fsp3) is 0.462. The van der Waals surface area contributed by atoms with E-state index in [1.54, 1.807) is 0 Å². The van der Waals surface area contributed by atoms with Crippen LogP contribution in [-0.4, -0.2) is 48.6 Å². The molecule has 3 aromatic carbocycles.